The van der Waals surface area contributed by atoms with E-state index >= 15 is 0 Å². The SMILES string of the molecule is O=C(c1ccccc1)N1CCC(N2CC3CC(C2)[C@H]2CCCC(=O)N2C3)CC1. The van der Waals surface area contributed by atoms with Gasteiger partial charge >= 0.3 is 0 Å². The third-order valence-electron chi connectivity index (χ3n) is 7.50. The topological polar surface area (TPSA) is 43.9 Å². The molecule has 3 atom stereocenters. The second kappa shape index (κ2) is 7.51. The van der Waals surface area contributed by atoms with Crippen molar-refractivity contribution in [3.05, 3.63) is 35.9 Å². The predicted octanol–water partition coefficient (Wildman–Crippen LogP) is 2.62. The smallest absolute Gasteiger partial charge is 0.253 e. The lowest BCUT2D eigenvalue weighted by Gasteiger charge is -2.54. The zero-order chi connectivity index (χ0) is 19.1. The van der Waals surface area contributed by atoms with Crippen molar-refractivity contribution >= 4 is 11.8 Å². The van der Waals surface area contributed by atoms with E-state index in [4.69, 9.17) is 0 Å². The third-order valence-corrected chi connectivity index (χ3v) is 7.50. The molecule has 4 saturated heterocycles. The van der Waals surface area contributed by atoms with Gasteiger partial charge in [-0.15, -0.1) is 0 Å². The van der Waals surface area contributed by atoms with E-state index in [9.17, 15) is 9.59 Å². The number of hydrogen-bond acceptors (Lipinski definition) is 3. The van der Waals surface area contributed by atoms with Crippen molar-refractivity contribution in [2.75, 3.05) is 32.7 Å². The molecular weight excluding hydrogens is 350 g/mol. The van der Waals surface area contributed by atoms with Gasteiger partial charge in [-0.1, -0.05) is 18.2 Å². The molecule has 5 heteroatoms. The highest BCUT2D eigenvalue weighted by atomic mass is 16.2. The fraction of sp³-hybridized carbons (Fsp3) is 0.652. The molecule has 0 aromatic heterocycles. The highest BCUT2D eigenvalue weighted by molar-refractivity contribution is 5.94. The minimum atomic E-state index is 0.172. The number of nitrogens with zero attached hydrogens (tertiary/aromatic N) is 3. The normalized spacial score (nSPS) is 31.6. The summed E-state index contributed by atoms with van der Waals surface area (Å²) in [5.41, 5.74) is 0.801. The van der Waals surface area contributed by atoms with E-state index < -0.39 is 0 Å². The van der Waals surface area contributed by atoms with Crippen LogP contribution in [0.4, 0.5) is 0 Å². The minimum Gasteiger partial charge on any atom is -0.339 e. The molecule has 4 aliphatic heterocycles. The van der Waals surface area contributed by atoms with Crippen LogP contribution in [-0.2, 0) is 4.79 Å². The maximum atomic E-state index is 12.7. The molecule has 4 heterocycles. The first-order valence-corrected chi connectivity index (χ1v) is 11.1. The van der Waals surface area contributed by atoms with E-state index in [2.05, 4.69) is 9.80 Å². The number of amides is 2. The number of fused-ring (bicyclic) bond motifs is 4. The molecule has 1 aromatic carbocycles. The number of piperidine rings is 4. The van der Waals surface area contributed by atoms with Crippen LogP contribution in [0.3, 0.4) is 0 Å². The second-order valence-electron chi connectivity index (χ2n) is 9.21. The summed E-state index contributed by atoms with van der Waals surface area (Å²) in [7, 11) is 0. The first kappa shape index (κ1) is 18.2. The van der Waals surface area contributed by atoms with Gasteiger partial charge in [-0.05, 0) is 56.1 Å². The number of hydrogen-bond donors (Lipinski definition) is 0. The van der Waals surface area contributed by atoms with Gasteiger partial charge in [0.1, 0.15) is 0 Å². The Bertz CT molecular complexity index is 729. The van der Waals surface area contributed by atoms with Crippen LogP contribution in [0.5, 0.6) is 0 Å². The highest BCUT2D eigenvalue weighted by Gasteiger charge is 2.45. The van der Waals surface area contributed by atoms with Crippen molar-refractivity contribution in [1.82, 2.24) is 14.7 Å². The summed E-state index contributed by atoms with van der Waals surface area (Å²) in [6.45, 7) is 4.96. The lowest BCUT2D eigenvalue weighted by atomic mass is 9.75. The molecule has 0 radical (unpaired) electrons. The van der Waals surface area contributed by atoms with Crippen LogP contribution in [0.25, 0.3) is 0 Å². The average Bonchev–Trinajstić information content (AvgIpc) is 2.75. The molecule has 28 heavy (non-hydrogen) atoms. The minimum absolute atomic E-state index is 0.172. The molecule has 0 saturated carbocycles. The van der Waals surface area contributed by atoms with E-state index in [-0.39, 0.29) is 5.91 Å². The Balaban J connectivity index is 1.20. The average molecular weight is 382 g/mol. The number of benzene rings is 1. The lowest BCUT2D eigenvalue weighted by molar-refractivity contribution is -0.145. The maximum absolute atomic E-state index is 12.7. The van der Waals surface area contributed by atoms with E-state index in [1.807, 2.05) is 35.2 Å². The van der Waals surface area contributed by atoms with Crippen molar-refractivity contribution in [1.29, 1.82) is 0 Å². The lowest BCUT2D eigenvalue weighted by Crippen LogP contribution is -2.62. The Kier molecular flexibility index (Phi) is 4.87. The summed E-state index contributed by atoms with van der Waals surface area (Å²) in [6, 6.07) is 10.7. The standard InChI is InChI=1S/C23H31N3O2/c27-22-8-4-7-21-19-13-17(15-26(21)22)14-25(16-19)20-9-11-24(12-10-20)23(28)18-5-2-1-3-6-18/h1-3,5-6,17,19-21H,4,7-16H2/t17?,19?,21-/m1/s1. The number of carbonyl (C=O) groups excluding carboxylic acids is 2. The van der Waals surface area contributed by atoms with Gasteiger partial charge in [0.05, 0.1) is 0 Å². The molecule has 2 bridgehead atoms. The van der Waals surface area contributed by atoms with Crippen molar-refractivity contribution in [2.24, 2.45) is 11.8 Å². The molecule has 0 spiro atoms. The quantitative estimate of drug-likeness (QED) is 0.791. The summed E-state index contributed by atoms with van der Waals surface area (Å²) in [4.78, 5) is 32.0. The summed E-state index contributed by atoms with van der Waals surface area (Å²) >= 11 is 0. The Morgan fingerprint density at radius 2 is 1.75 bits per heavy atom. The largest absolute Gasteiger partial charge is 0.339 e. The fourth-order valence-electron chi connectivity index (χ4n) is 6.14. The maximum Gasteiger partial charge on any atom is 0.253 e. The van der Waals surface area contributed by atoms with Crippen LogP contribution in [0.2, 0.25) is 0 Å². The molecule has 2 unspecified atom stereocenters. The molecule has 5 nitrogen and oxygen atoms in total. The first-order valence-electron chi connectivity index (χ1n) is 11.1. The van der Waals surface area contributed by atoms with E-state index in [0.717, 1.165) is 64.0 Å². The van der Waals surface area contributed by atoms with E-state index in [1.54, 1.807) is 0 Å². The molecule has 2 amide bonds. The van der Waals surface area contributed by atoms with Gasteiger partial charge in [0, 0.05) is 56.8 Å². The van der Waals surface area contributed by atoms with Gasteiger partial charge in [0.2, 0.25) is 5.91 Å². The zero-order valence-corrected chi connectivity index (χ0v) is 16.6. The van der Waals surface area contributed by atoms with Crippen LogP contribution in [0.1, 0.15) is 48.9 Å². The van der Waals surface area contributed by atoms with Crippen molar-refractivity contribution < 1.29 is 9.59 Å². The third kappa shape index (κ3) is 3.34. The molecule has 0 aliphatic carbocycles. The van der Waals surface area contributed by atoms with Crippen LogP contribution < -0.4 is 0 Å². The Morgan fingerprint density at radius 1 is 0.964 bits per heavy atom. The van der Waals surface area contributed by atoms with Crippen molar-refractivity contribution in [3.63, 3.8) is 0 Å². The Morgan fingerprint density at radius 3 is 2.54 bits per heavy atom. The summed E-state index contributed by atoms with van der Waals surface area (Å²) < 4.78 is 0. The van der Waals surface area contributed by atoms with Crippen molar-refractivity contribution in [3.8, 4) is 0 Å². The number of rotatable bonds is 2. The Hall–Kier alpha value is -1.88. The van der Waals surface area contributed by atoms with Crippen molar-refractivity contribution in [2.45, 2.75) is 50.6 Å². The second-order valence-corrected chi connectivity index (χ2v) is 9.21. The number of likely N-dealkylation sites (tertiary alicyclic amines) is 2. The molecule has 0 N–H and O–H groups in total. The molecule has 4 fully saturated rings. The fourth-order valence-corrected chi connectivity index (χ4v) is 6.14. The summed E-state index contributed by atoms with van der Waals surface area (Å²) in [6.07, 6.45) is 6.47. The Labute approximate surface area is 167 Å². The molecule has 1 aromatic rings. The zero-order valence-electron chi connectivity index (χ0n) is 16.6. The predicted molar refractivity (Wildman–Crippen MR) is 108 cm³/mol. The van der Waals surface area contributed by atoms with Gasteiger partial charge in [0.15, 0.2) is 0 Å². The summed E-state index contributed by atoms with van der Waals surface area (Å²) in [5.74, 6) is 1.86. The van der Waals surface area contributed by atoms with E-state index in [0.29, 0.717) is 29.8 Å². The van der Waals surface area contributed by atoms with Crippen LogP contribution in [0, 0.1) is 11.8 Å². The van der Waals surface area contributed by atoms with Gasteiger partial charge < -0.3 is 9.80 Å². The van der Waals surface area contributed by atoms with Gasteiger partial charge in [-0.3, -0.25) is 14.5 Å². The van der Waals surface area contributed by atoms with Crippen LogP contribution in [-0.4, -0.2) is 71.3 Å². The highest BCUT2D eigenvalue weighted by Crippen LogP contribution is 2.39. The van der Waals surface area contributed by atoms with Gasteiger partial charge in [-0.25, -0.2) is 0 Å². The van der Waals surface area contributed by atoms with Crippen LogP contribution >= 0.6 is 0 Å². The molecule has 150 valence electrons. The number of carbonyl (C=O) groups is 2. The summed E-state index contributed by atoms with van der Waals surface area (Å²) in [5, 5.41) is 0. The van der Waals surface area contributed by atoms with Gasteiger partial charge in [-0.2, -0.15) is 0 Å². The first-order chi connectivity index (χ1) is 13.7. The molecule has 4 aliphatic rings. The van der Waals surface area contributed by atoms with Gasteiger partial charge in [0.25, 0.3) is 5.91 Å². The van der Waals surface area contributed by atoms with Crippen LogP contribution in [0.15, 0.2) is 30.3 Å². The van der Waals surface area contributed by atoms with E-state index in [1.165, 1.54) is 12.8 Å². The monoisotopic (exact) mass is 381 g/mol. The molecule has 5 rings (SSSR count). The molecular formula is C23H31N3O2.